The molecule has 1 aromatic heterocycles. The highest BCUT2D eigenvalue weighted by Gasteiger charge is 2.17. The first-order valence-corrected chi connectivity index (χ1v) is 9.85. The van der Waals surface area contributed by atoms with E-state index in [-0.39, 0.29) is 5.91 Å². The first-order chi connectivity index (χ1) is 13.0. The molecule has 0 saturated heterocycles. The highest BCUT2D eigenvalue weighted by atomic mass is 79.9. The molecule has 1 heterocycles. The van der Waals surface area contributed by atoms with Gasteiger partial charge >= 0.3 is 0 Å². The molecule has 10 heteroatoms. The molecule has 0 radical (unpaired) electrons. The van der Waals surface area contributed by atoms with Crippen molar-refractivity contribution in [3.8, 4) is 11.4 Å². The van der Waals surface area contributed by atoms with Gasteiger partial charge in [0.05, 0.1) is 10.2 Å². The van der Waals surface area contributed by atoms with E-state index in [2.05, 4.69) is 36.8 Å². The maximum atomic E-state index is 13.2. The molecule has 0 aliphatic carbocycles. The van der Waals surface area contributed by atoms with Gasteiger partial charge < -0.3 is 10.1 Å². The molecule has 0 aliphatic rings. The number of thioether (sulfide) groups is 1. The average Bonchev–Trinajstić information content (AvgIpc) is 3.13. The number of benzene rings is 2. The van der Waals surface area contributed by atoms with E-state index in [4.69, 9.17) is 4.74 Å². The molecule has 7 nitrogen and oxygen atoms in total. The number of carbonyl (C=O) groups is 1. The minimum Gasteiger partial charge on any atom is -0.480 e. The van der Waals surface area contributed by atoms with Crippen LogP contribution in [0.1, 0.15) is 6.92 Å². The van der Waals surface area contributed by atoms with E-state index in [1.165, 1.54) is 30.0 Å². The monoisotopic (exact) mass is 451 g/mol. The van der Waals surface area contributed by atoms with Crippen molar-refractivity contribution in [3.63, 3.8) is 0 Å². The number of carbonyl (C=O) groups excluding carboxylic acids is 1. The minimum absolute atomic E-state index is 0.342. The molecule has 1 unspecified atom stereocenters. The van der Waals surface area contributed by atoms with Gasteiger partial charge in [-0.1, -0.05) is 17.8 Å². The maximum absolute atomic E-state index is 13.2. The van der Waals surface area contributed by atoms with Crippen LogP contribution in [0.5, 0.6) is 5.75 Å². The molecular formula is C17H15BrFN5O2S. The Bertz CT molecular complexity index is 968. The SMILES string of the molecule is CSc1nnnn1-c1cccc(NC(=O)C(C)Oc2ccc(F)cc2Br)c1. The molecule has 27 heavy (non-hydrogen) atoms. The molecule has 2 aromatic carbocycles. The molecule has 1 amide bonds. The first kappa shape index (κ1) is 19.3. The van der Waals surface area contributed by atoms with Crippen LogP contribution in [0.4, 0.5) is 10.1 Å². The fourth-order valence-electron chi connectivity index (χ4n) is 2.24. The third-order valence-electron chi connectivity index (χ3n) is 3.55. The van der Waals surface area contributed by atoms with E-state index in [1.807, 2.05) is 12.3 Å². The number of hydrogen-bond acceptors (Lipinski definition) is 6. The van der Waals surface area contributed by atoms with Crippen molar-refractivity contribution in [2.24, 2.45) is 0 Å². The largest absolute Gasteiger partial charge is 0.480 e. The summed E-state index contributed by atoms with van der Waals surface area (Å²) >= 11 is 4.63. The van der Waals surface area contributed by atoms with Gasteiger partial charge in [-0.05, 0) is 75.9 Å². The van der Waals surface area contributed by atoms with E-state index in [0.29, 0.717) is 21.1 Å². The van der Waals surface area contributed by atoms with Crippen LogP contribution in [0, 0.1) is 5.82 Å². The van der Waals surface area contributed by atoms with E-state index in [9.17, 15) is 9.18 Å². The Balaban J connectivity index is 1.71. The van der Waals surface area contributed by atoms with Crippen LogP contribution in [0.15, 0.2) is 52.1 Å². The normalized spacial score (nSPS) is 11.9. The summed E-state index contributed by atoms with van der Waals surface area (Å²) in [6.45, 7) is 1.61. The molecule has 3 aromatic rings. The summed E-state index contributed by atoms with van der Waals surface area (Å²) in [5.74, 6) is -0.355. The zero-order valence-corrected chi connectivity index (χ0v) is 16.8. The number of aromatic nitrogens is 4. The van der Waals surface area contributed by atoms with Crippen molar-refractivity contribution < 1.29 is 13.9 Å². The molecule has 0 bridgehead atoms. The molecule has 1 N–H and O–H groups in total. The Morgan fingerprint density at radius 2 is 2.15 bits per heavy atom. The Morgan fingerprint density at radius 1 is 1.33 bits per heavy atom. The molecular weight excluding hydrogens is 437 g/mol. The summed E-state index contributed by atoms with van der Waals surface area (Å²) in [6.07, 6.45) is 1.09. The van der Waals surface area contributed by atoms with Crippen molar-refractivity contribution in [2.75, 3.05) is 11.6 Å². The van der Waals surface area contributed by atoms with Crippen molar-refractivity contribution in [2.45, 2.75) is 18.2 Å². The van der Waals surface area contributed by atoms with Gasteiger partial charge in [0.25, 0.3) is 5.91 Å². The van der Waals surface area contributed by atoms with Gasteiger partial charge in [-0.3, -0.25) is 4.79 Å². The van der Waals surface area contributed by atoms with Crippen molar-refractivity contribution >= 4 is 39.3 Å². The fraction of sp³-hybridized carbons (Fsp3) is 0.176. The Kier molecular flexibility index (Phi) is 6.07. The Labute approximate surface area is 167 Å². The number of anilines is 1. The second kappa shape index (κ2) is 8.49. The minimum atomic E-state index is -0.787. The first-order valence-electron chi connectivity index (χ1n) is 7.83. The quantitative estimate of drug-likeness (QED) is 0.575. The summed E-state index contributed by atoms with van der Waals surface area (Å²) in [6, 6.07) is 11.1. The van der Waals surface area contributed by atoms with Crippen molar-refractivity contribution in [3.05, 3.63) is 52.8 Å². The molecule has 0 aliphatic heterocycles. The lowest BCUT2D eigenvalue weighted by atomic mass is 10.2. The summed E-state index contributed by atoms with van der Waals surface area (Å²) in [5.41, 5.74) is 1.30. The van der Waals surface area contributed by atoms with Crippen LogP contribution >= 0.6 is 27.7 Å². The van der Waals surface area contributed by atoms with E-state index in [0.717, 1.165) is 5.69 Å². The highest BCUT2D eigenvalue weighted by Crippen LogP contribution is 2.26. The van der Waals surface area contributed by atoms with Gasteiger partial charge in [0.2, 0.25) is 5.16 Å². The van der Waals surface area contributed by atoms with Crippen LogP contribution < -0.4 is 10.1 Å². The zero-order chi connectivity index (χ0) is 19.4. The fourth-order valence-corrected chi connectivity index (χ4v) is 3.12. The van der Waals surface area contributed by atoms with Gasteiger partial charge in [-0.2, -0.15) is 4.68 Å². The summed E-state index contributed by atoms with van der Waals surface area (Å²) < 4.78 is 20.8. The number of ether oxygens (including phenoxy) is 1. The molecule has 0 fully saturated rings. The molecule has 3 rings (SSSR count). The standard InChI is InChI=1S/C17H15BrFN5O2S/c1-10(26-15-7-6-11(19)8-14(15)18)16(25)20-12-4-3-5-13(9-12)24-17(27-2)21-22-23-24/h3-10H,1-2H3,(H,20,25). The third-order valence-corrected chi connectivity index (χ3v) is 4.79. The molecule has 0 spiro atoms. The number of nitrogens with one attached hydrogen (secondary N) is 1. The molecule has 0 saturated carbocycles. The zero-order valence-electron chi connectivity index (χ0n) is 14.4. The van der Waals surface area contributed by atoms with Crippen molar-refractivity contribution in [1.29, 1.82) is 0 Å². The van der Waals surface area contributed by atoms with Gasteiger partial charge in [0, 0.05) is 5.69 Å². The summed E-state index contributed by atoms with van der Waals surface area (Å²) in [4.78, 5) is 12.4. The van der Waals surface area contributed by atoms with Crippen LogP contribution in [0.2, 0.25) is 0 Å². The Hall–Kier alpha value is -2.46. The highest BCUT2D eigenvalue weighted by molar-refractivity contribution is 9.10. The second-order valence-electron chi connectivity index (χ2n) is 5.45. The number of hydrogen-bond donors (Lipinski definition) is 1. The van der Waals surface area contributed by atoms with Gasteiger partial charge in [-0.25, -0.2) is 4.39 Å². The van der Waals surface area contributed by atoms with Gasteiger partial charge in [0.1, 0.15) is 11.6 Å². The van der Waals surface area contributed by atoms with E-state index in [1.54, 1.807) is 29.8 Å². The van der Waals surface area contributed by atoms with Crippen LogP contribution in [0.25, 0.3) is 5.69 Å². The van der Waals surface area contributed by atoms with Gasteiger partial charge in [-0.15, -0.1) is 5.10 Å². The van der Waals surface area contributed by atoms with Crippen LogP contribution in [0.3, 0.4) is 0 Å². The number of nitrogens with zero attached hydrogens (tertiary/aromatic N) is 4. The predicted molar refractivity (Wildman–Crippen MR) is 104 cm³/mol. The predicted octanol–water partition coefficient (Wildman–Crippen LogP) is 3.69. The van der Waals surface area contributed by atoms with Crippen LogP contribution in [-0.2, 0) is 4.79 Å². The Morgan fingerprint density at radius 3 is 2.89 bits per heavy atom. The number of tetrazole rings is 1. The molecule has 1 atom stereocenters. The number of halogens is 2. The molecule has 140 valence electrons. The van der Waals surface area contributed by atoms with Gasteiger partial charge in [0.15, 0.2) is 6.10 Å². The topological polar surface area (TPSA) is 81.9 Å². The van der Waals surface area contributed by atoms with E-state index < -0.39 is 11.9 Å². The summed E-state index contributed by atoms with van der Waals surface area (Å²) in [7, 11) is 0. The van der Waals surface area contributed by atoms with Crippen LogP contribution in [-0.4, -0.2) is 38.5 Å². The lowest BCUT2D eigenvalue weighted by Gasteiger charge is -2.16. The second-order valence-corrected chi connectivity index (χ2v) is 7.08. The third kappa shape index (κ3) is 4.64. The van der Waals surface area contributed by atoms with E-state index >= 15 is 0 Å². The summed E-state index contributed by atoms with van der Waals surface area (Å²) in [5, 5.41) is 14.9. The lowest BCUT2D eigenvalue weighted by molar-refractivity contribution is -0.122. The average molecular weight is 452 g/mol. The maximum Gasteiger partial charge on any atom is 0.265 e. The van der Waals surface area contributed by atoms with Crippen molar-refractivity contribution in [1.82, 2.24) is 20.2 Å². The number of amides is 1. The smallest absolute Gasteiger partial charge is 0.265 e. The number of rotatable bonds is 6. The lowest BCUT2D eigenvalue weighted by Crippen LogP contribution is -2.30.